The summed E-state index contributed by atoms with van der Waals surface area (Å²) in [6.45, 7) is 4.88. The molecule has 1 heterocycles. The minimum absolute atomic E-state index is 0.173. The molecule has 0 radical (unpaired) electrons. The van der Waals surface area contributed by atoms with Crippen LogP contribution in [0.3, 0.4) is 0 Å². The van der Waals surface area contributed by atoms with E-state index in [0.717, 1.165) is 26.2 Å². The van der Waals surface area contributed by atoms with Gasteiger partial charge in [0.1, 0.15) is 6.61 Å². The standard InChI is InChI=1S/C9H18N2O2/c1-10-3-5-11(6-4-10)7-9(12)8-13-2/h3-8H2,1-2H3. The van der Waals surface area contributed by atoms with Crippen LogP contribution in [0.1, 0.15) is 0 Å². The Morgan fingerprint density at radius 3 is 2.46 bits per heavy atom. The van der Waals surface area contributed by atoms with E-state index >= 15 is 0 Å². The van der Waals surface area contributed by atoms with Crippen LogP contribution in [0.4, 0.5) is 0 Å². The topological polar surface area (TPSA) is 32.8 Å². The van der Waals surface area contributed by atoms with Crippen molar-refractivity contribution in [2.24, 2.45) is 0 Å². The minimum atomic E-state index is 0.173. The highest BCUT2D eigenvalue weighted by atomic mass is 16.5. The Labute approximate surface area is 79.4 Å². The summed E-state index contributed by atoms with van der Waals surface area (Å²) >= 11 is 0. The van der Waals surface area contributed by atoms with Crippen molar-refractivity contribution in [1.82, 2.24) is 9.80 Å². The minimum Gasteiger partial charge on any atom is -0.377 e. The van der Waals surface area contributed by atoms with Crippen molar-refractivity contribution in [3.05, 3.63) is 0 Å². The van der Waals surface area contributed by atoms with Gasteiger partial charge in [-0.3, -0.25) is 9.69 Å². The van der Waals surface area contributed by atoms with Crippen LogP contribution >= 0.6 is 0 Å². The van der Waals surface area contributed by atoms with E-state index in [1.54, 1.807) is 7.11 Å². The molecule has 0 amide bonds. The molecule has 0 bridgehead atoms. The van der Waals surface area contributed by atoms with Gasteiger partial charge in [0.2, 0.25) is 0 Å². The summed E-state index contributed by atoms with van der Waals surface area (Å²) < 4.78 is 4.78. The summed E-state index contributed by atoms with van der Waals surface area (Å²) in [5, 5.41) is 0. The van der Waals surface area contributed by atoms with Crippen molar-refractivity contribution < 1.29 is 9.53 Å². The van der Waals surface area contributed by atoms with Crippen molar-refractivity contribution in [3.63, 3.8) is 0 Å². The van der Waals surface area contributed by atoms with E-state index in [2.05, 4.69) is 16.8 Å². The van der Waals surface area contributed by atoms with Crippen LogP contribution in [0.5, 0.6) is 0 Å². The first-order chi connectivity index (χ1) is 6.22. The number of ether oxygens (including phenoxy) is 1. The zero-order valence-electron chi connectivity index (χ0n) is 8.45. The third-order valence-corrected chi connectivity index (χ3v) is 2.30. The average molecular weight is 186 g/mol. The predicted molar refractivity (Wildman–Crippen MR) is 50.8 cm³/mol. The molecule has 0 aromatic heterocycles. The van der Waals surface area contributed by atoms with Crippen molar-refractivity contribution in [1.29, 1.82) is 0 Å². The second-order valence-corrected chi connectivity index (χ2v) is 3.55. The van der Waals surface area contributed by atoms with E-state index in [1.165, 1.54) is 0 Å². The van der Waals surface area contributed by atoms with Crippen LogP contribution in [0.15, 0.2) is 0 Å². The summed E-state index contributed by atoms with van der Waals surface area (Å²) in [5.41, 5.74) is 0. The third-order valence-electron chi connectivity index (χ3n) is 2.30. The molecule has 76 valence electrons. The second kappa shape index (κ2) is 5.32. The van der Waals surface area contributed by atoms with Crippen LogP contribution < -0.4 is 0 Å². The van der Waals surface area contributed by atoms with Crippen molar-refractivity contribution in [2.45, 2.75) is 0 Å². The Kier molecular flexibility index (Phi) is 4.35. The van der Waals surface area contributed by atoms with Crippen LogP contribution in [-0.4, -0.2) is 69.1 Å². The lowest BCUT2D eigenvalue weighted by molar-refractivity contribution is -0.124. The normalized spacial score (nSPS) is 20.5. The molecule has 4 nitrogen and oxygen atoms in total. The fourth-order valence-corrected chi connectivity index (χ4v) is 1.46. The molecule has 1 aliphatic heterocycles. The number of piperazine rings is 1. The first-order valence-corrected chi connectivity index (χ1v) is 4.64. The van der Waals surface area contributed by atoms with Gasteiger partial charge in [0.05, 0.1) is 6.54 Å². The van der Waals surface area contributed by atoms with Crippen LogP contribution in [-0.2, 0) is 9.53 Å². The van der Waals surface area contributed by atoms with Crippen molar-refractivity contribution in [3.8, 4) is 0 Å². The van der Waals surface area contributed by atoms with E-state index in [-0.39, 0.29) is 12.4 Å². The summed E-state index contributed by atoms with van der Waals surface area (Å²) in [7, 11) is 3.66. The van der Waals surface area contributed by atoms with E-state index in [1.807, 2.05) is 0 Å². The Balaban J connectivity index is 2.18. The monoisotopic (exact) mass is 186 g/mol. The number of rotatable bonds is 4. The lowest BCUT2D eigenvalue weighted by Gasteiger charge is -2.31. The van der Waals surface area contributed by atoms with Gasteiger partial charge in [-0.2, -0.15) is 0 Å². The number of carbonyl (C=O) groups excluding carboxylic acids is 1. The molecule has 4 heteroatoms. The molecule has 0 aliphatic carbocycles. The second-order valence-electron chi connectivity index (χ2n) is 3.55. The molecule has 13 heavy (non-hydrogen) atoms. The van der Waals surface area contributed by atoms with E-state index in [9.17, 15) is 4.79 Å². The largest absolute Gasteiger partial charge is 0.377 e. The molecular weight excluding hydrogens is 168 g/mol. The lowest BCUT2D eigenvalue weighted by atomic mass is 10.3. The first kappa shape index (κ1) is 10.6. The molecule has 0 atom stereocenters. The Bertz CT molecular complexity index is 165. The number of likely N-dealkylation sites (N-methyl/N-ethyl adjacent to an activating group) is 1. The molecule has 0 unspecified atom stereocenters. The predicted octanol–water partition coefficient (Wildman–Crippen LogP) is -0.551. The summed E-state index contributed by atoms with van der Waals surface area (Å²) in [4.78, 5) is 15.7. The van der Waals surface area contributed by atoms with E-state index in [4.69, 9.17) is 4.74 Å². The molecule has 1 fully saturated rings. The number of carbonyl (C=O) groups is 1. The maximum Gasteiger partial charge on any atom is 0.172 e. The van der Waals surface area contributed by atoms with Gasteiger partial charge in [0.25, 0.3) is 0 Å². The highest BCUT2D eigenvalue weighted by Crippen LogP contribution is 1.98. The van der Waals surface area contributed by atoms with Crippen LogP contribution in [0.2, 0.25) is 0 Å². The van der Waals surface area contributed by atoms with Gasteiger partial charge in [0.15, 0.2) is 5.78 Å². The SMILES string of the molecule is COCC(=O)CN1CCN(C)CC1. The van der Waals surface area contributed by atoms with Crippen molar-refractivity contribution >= 4 is 5.78 Å². The number of hydrogen-bond donors (Lipinski definition) is 0. The molecular formula is C9H18N2O2. The molecule has 1 saturated heterocycles. The first-order valence-electron chi connectivity index (χ1n) is 4.64. The lowest BCUT2D eigenvalue weighted by Crippen LogP contribution is -2.46. The maximum absolute atomic E-state index is 11.2. The van der Waals surface area contributed by atoms with Gasteiger partial charge >= 0.3 is 0 Å². The van der Waals surface area contributed by atoms with Crippen LogP contribution in [0.25, 0.3) is 0 Å². The van der Waals surface area contributed by atoms with Gasteiger partial charge in [-0.15, -0.1) is 0 Å². The average Bonchev–Trinajstić information content (AvgIpc) is 2.09. The zero-order chi connectivity index (χ0) is 9.68. The molecule has 1 aliphatic rings. The van der Waals surface area contributed by atoms with E-state index < -0.39 is 0 Å². The van der Waals surface area contributed by atoms with Gasteiger partial charge < -0.3 is 9.64 Å². The molecule has 0 aromatic rings. The summed E-state index contributed by atoms with van der Waals surface area (Å²) in [6, 6.07) is 0. The summed E-state index contributed by atoms with van der Waals surface area (Å²) in [5.74, 6) is 0.173. The molecule has 0 saturated carbocycles. The number of methoxy groups -OCH3 is 1. The Hall–Kier alpha value is -0.450. The number of hydrogen-bond acceptors (Lipinski definition) is 4. The van der Waals surface area contributed by atoms with Crippen molar-refractivity contribution in [2.75, 3.05) is 53.5 Å². The highest BCUT2D eigenvalue weighted by molar-refractivity contribution is 5.81. The highest BCUT2D eigenvalue weighted by Gasteiger charge is 2.15. The molecule has 0 spiro atoms. The third kappa shape index (κ3) is 3.85. The van der Waals surface area contributed by atoms with Gasteiger partial charge in [-0.1, -0.05) is 0 Å². The fraction of sp³-hybridized carbons (Fsp3) is 0.889. The number of Topliss-reactive ketones (excluding diaryl/α,β-unsaturated/α-hetero) is 1. The maximum atomic E-state index is 11.2. The van der Waals surface area contributed by atoms with Gasteiger partial charge in [-0.25, -0.2) is 0 Å². The molecule has 1 rings (SSSR count). The molecule has 0 aromatic carbocycles. The quantitative estimate of drug-likeness (QED) is 0.590. The fourth-order valence-electron chi connectivity index (χ4n) is 1.46. The number of nitrogens with zero attached hydrogens (tertiary/aromatic N) is 2. The zero-order valence-corrected chi connectivity index (χ0v) is 8.45. The Morgan fingerprint density at radius 1 is 1.31 bits per heavy atom. The van der Waals surface area contributed by atoms with Gasteiger partial charge in [0, 0.05) is 33.3 Å². The number of ketones is 1. The smallest absolute Gasteiger partial charge is 0.172 e. The Morgan fingerprint density at radius 2 is 1.92 bits per heavy atom. The summed E-state index contributed by atoms with van der Waals surface area (Å²) in [6.07, 6.45) is 0. The van der Waals surface area contributed by atoms with Crippen LogP contribution in [0, 0.1) is 0 Å². The molecule has 0 N–H and O–H groups in total. The van der Waals surface area contributed by atoms with Gasteiger partial charge in [-0.05, 0) is 7.05 Å². The van der Waals surface area contributed by atoms with E-state index in [0.29, 0.717) is 6.54 Å².